The van der Waals surface area contributed by atoms with Gasteiger partial charge in [0, 0.05) is 16.8 Å². The SMILES string of the molecule is O=C(NCC(F)(F)F)c1cccc(NC(=O)c2cccc(-n3cnnn3)c2)c1. The molecule has 3 rings (SSSR count). The Labute approximate surface area is 156 Å². The summed E-state index contributed by atoms with van der Waals surface area (Å²) in [7, 11) is 0. The van der Waals surface area contributed by atoms with Crippen molar-refractivity contribution >= 4 is 17.5 Å². The number of anilines is 1. The average Bonchev–Trinajstić information content (AvgIpc) is 3.21. The standard InChI is InChI=1S/C17H13F3N6O2/c18-17(19,20)9-21-15(27)11-3-1-5-13(7-11)23-16(28)12-4-2-6-14(8-12)26-10-22-24-25-26/h1-8,10H,9H2,(H,21,27)(H,23,28). The van der Waals surface area contributed by atoms with Crippen LogP contribution in [0.4, 0.5) is 18.9 Å². The van der Waals surface area contributed by atoms with Gasteiger partial charge in [-0.15, -0.1) is 5.10 Å². The van der Waals surface area contributed by atoms with Gasteiger partial charge in [0.05, 0.1) is 5.69 Å². The third-order valence-electron chi connectivity index (χ3n) is 3.55. The van der Waals surface area contributed by atoms with E-state index in [4.69, 9.17) is 0 Å². The predicted molar refractivity (Wildman–Crippen MR) is 91.9 cm³/mol. The first-order valence-corrected chi connectivity index (χ1v) is 7.92. The van der Waals surface area contributed by atoms with E-state index < -0.39 is 24.5 Å². The number of benzene rings is 2. The molecule has 0 aliphatic rings. The van der Waals surface area contributed by atoms with Gasteiger partial charge < -0.3 is 10.6 Å². The lowest BCUT2D eigenvalue weighted by Gasteiger charge is -2.10. The first-order chi connectivity index (χ1) is 13.3. The Balaban J connectivity index is 1.71. The van der Waals surface area contributed by atoms with Gasteiger partial charge in [0.25, 0.3) is 11.8 Å². The van der Waals surface area contributed by atoms with Crippen molar-refractivity contribution < 1.29 is 22.8 Å². The molecule has 3 aromatic rings. The molecule has 0 fully saturated rings. The zero-order valence-electron chi connectivity index (χ0n) is 14.1. The number of hydrogen-bond donors (Lipinski definition) is 2. The summed E-state index contributed by atoms with van der Waals surface area (Å²) in [4.78, 5) is 24.3. The molecule has 1 aromatic heterocycles. The third kappa shape index (κ3) is 4.90. The monoisotopic (exact) mass is 390 g/mol. The highest BCUT2D eigenvalue weighted by Crippen LogP contribution is 2.16. The summed E-state index contributed by atoms with van der Waals surface area (Å²) in [6, 6.07) is 12.1. The van der Waals surface area contributed by atoms with Crippen LogP contribution in [0, 0.1) is 0 Å². The molecule has 2 aromatic carbocycles. The lowest BCUT2D eigenvalue weighted by molar-refractivity contribution is -0.123. The summed E-state index contributed by atoms with van der Waals surface area (Å²) < 4.78 is 38.0. The molecule has 0 unspecified atom stereocenters. The Hall–Kier alpha value is -3.76. The minimum absolute atomic E-state index is 0.00973. The second-order valence-electron chi connectivity index (χ2n) is 5.64. The number of rotatable bonds is 5. The van der Waals surface area contributed by atoms with E-state index in [1.165, 1.54) is 35.3 Å². The molecule has 2 N–H and O–H groups in total. The largest absolute Gasteiger partial charge is 0.405 e. The van der Waals surface area contributed by atoms with Gasteiger partial charge in [-0.1, -0.05) is 12.1 Å². The fraction of sp³-hybridized carbons (Fsp3) is 0.118. The molecule has 0 aliphatic heterocycles. The molecule has 0 bridgehead atoms. The second-order valence-corrected chi connectivity index (χ2v) is 5.64. The number of aromatic nitrogens is 4. The van der Waals surface area contributed by atoms with E-state index in [2.05, 4.69) is 20.8 Å². The van der Waals surface area contributed by atoms with Crippen LogP contribution in [0.15, 0.2) is 54.9 Å². The quantitative estimate of drug-likeness (QED) is 0.696. The molecule has 0 saturated carbocycles. The molecule has 144 valence electrons. The van der Waals surface area contributed by atoms with Crippen molar-refractivity contribution in [3.8, 4) is 5.69 Å². The Bertz CT molecular complexity index is 989. The van der Waals surface area contributed by atoms with E-state index in [9.17, 15) is 22.8 Å². The average molecular weight is 390 g/mol. The molecule has 0 saturated heterocycles. The minimum atomic E-state index is -4.51. The molecule has 0 aliphatic carbocycles. The van der Waals surface area contributed by atoms with Crippen LogP contribution in [0.1, 0.15) is 20.7 Å². The summed E-state index contributed by atoms with van der Waals surface area (Å²) in [6.07, 6.45) is -3.13. The van der Waals surface area contributed by atoms with E-state index in [-0.39, 0.29) is 11.3 Å². The zero-order chi connectivity index (χ0) is 20.1. The van der Waals surface area contributed by atoms with Crippen LogP contribution in [-0.2, 0) is 0 Å². The molecule has 8 nitrogen and oxygen atoms in total. The lowest BCUT2D eigenvalue weighted by atomic mass is 10.1. The smallest absolute Gasteiger partial charge is 0.343 e. The summed E-state index contributed by atoms with van der Waals surface area (Å²) >= 11 is 0. The van der Waals surface area contributed by atoms with E-state index in [0.717, 1.165) is 0 Å². The fourth-order valence-electron chi connectivity index (χ4n) is 2.29. The second kappa shape index (κ2) is 7.86. The lowest BCUT2D eigenvalue weighted by Crippen LogP contribution is -2.33. The minimum Gasteiger partial charge on any atom is -0.343 e. The number of carbonyl (C=O) groups is 2. The normalized spacial score (nSPS) is 11.1. The van der Waals surface area contributed by atoms with Crippen molar-refractivity contribution in [3.05, 3.63) is 66.0 Å². The first-order valence-electron chi connectivity index (χ1n) is 7.92. The number of nitrogens with one attached hydrogen (secondary N) is 2. The van der Waals surface area contributed by atoms with E-state index in [0.29, 0.717) is 11.3 Å². The molecule has 0 atom stereocenters. The zero-order valence-corrected chi connectivity index (χ0v) is 14.1. The molecule has 28 heavy (non-hydrogen) atoms. The first kappa shape index (κ1) is 19.0. The van der Waals surface area contributed by atoms with Crippen LogP contribution in [-0.4, -0.2) is 44.7 Å². The molecule has 0 radical (unpaired) electrons. The van der Waals surface area contributed by atoms with Crippen LogP contribution < -0.4 is 10.6 Å². The van der Waals surface area contributed by atoms with Crippen molar-refractivity contribution in [3.63, 3.8) is 0 Å². The van der Waals surface area contributed by atoms with Crippen molar-refractivity contribution in [2.45, 2.75) is 6.18 Å². The van der Waals surface area contributed by atoms with Gasteiger partial charge in [0.1, 0.15) is 12.9 Å². The summed E-state index contributed by atoms with van der Waals surface area (Å²) in [5.41, 5.74) is 1.12. The summed E-state index contributed by atoms with van der Waals surface area (Å²) in [5, 5.41) is 15.1. The Morgan fingerprint density at radius 1 is 1.00 bits per heavy atom. The van der Waals surface area contributed by atoms with Crippen molar-refractivity contribution in [1.29, 1.82) is 0 Å². The summed E-state index contributed by atoms with van der Waals surface area (Å²) in [5.74, 6) is -1.36. The van der Waals surface area contributed by atoms with Gasteiger partial charge in [0.15, 0.2) is 0 Å². The van der Waals surface area contributed by atoms with Gasteiger partial charge in [-0.05, 0) is 46.8 Å². The number of halogens is 3. The molecule has 2 amide bonds. The fourth-order valence-corrected chi connectivity index (χ4v) is 2.29. The topological polar surface area (TPSA) is 102 Å². The van der Waals surface area contributed by atoms with Gasteiger partial charge in [-0.2, -0.15) is 13.2 Å². The maximum Gasteiger partial charge on any atom is 0.405 e. The molecule has 11 heteroatoms. The Kier molecular flexibility index (Phi) is 5.34. The number of alkyl halides is 3. The molecule has 1 heterocycles. The van der Waals surface area contributed by atoms with Crippen molar-refractivity contribution in [1.82, 2.24) is 25.5 Å². The molecular formula is C17H13F3N6O2. The highest BCUT2D eigenvalue weighted by atomic mass is 19.4. The van der Waals surface area contributed by atoms with Crippen molar-refractivity contribution in [2.24, 2.45) is 0 Å². The predicted octanol–water partition coefficient (Wildman–Crippen LogP) is 2.21. The van der Waals surface area contributed by atoms with Crippen LogP contribution in [0.3, 0.4) is 0 Å². The van der Waals surface area contributed by atoms with Crippen LogP contribution in [0.5, 0.6) is 0 Å². The van der Waals surface area contributed by atoms with E-state index in [1.54, 1.807) is 29.6 Å². The third-order valence-corrected chi connectivity index (χ3v) is 3.55. The number of amides is 2. The number of carbonyl (C=O) groups excluding carboxylic acids is 2. The molecular weight excluding hydrogens is 377 g/mol. The van der Waals surface area contributed by atoms with Crippen molar-refractivity contribution in [2.75, 3.05) is 11.9 Å². The van der Waals surface area contributed by atoms with Crippen LogP contribution >= 0.6 is 0 Å². The van der Waals surface area contributed by atoms with Gasteiger partial charge >= 0.3 is 6.18 Å². The van der Waals surface area contributed by atoms with Gasteiger partial charge in [-0.25, -0.2) is 4.68 Å². The highest BCUT2D eigenvalue weighted by Gasteiger charge is 2.27. The number of nitrogens with zero attached hydrogens (tertiary/aromatic N) is 4. The van der Waals surface area contributed by atoms with E-state index in [1.807, 2.05) is 0 Å². The Morgan fingerprint density at radius 3 is 2.39 bits per heavy atom. The van der Waals surface area contributed by atoms with Crippen LogP contribution in [0.25, 0.3) is 5.69 Å². The number of tetrazole rings is 1. The van der Waals surface area contributed by atoms with Gasteiger partial charge in [0.2, 0.25) is 0 Å². The highest BCUT2D eigenvalue weighted by molar-refractivity contribution is 6.05. The number of hydrogen-bond acceptors (Lipinski definition) is 5. The van der Waals surface area contributed by atoms with E-state index >= 15 is 0 Å². The maximum atomic E-state index is 12.5. The summed E-state index contributed by atoms with van der Waals surface area (Å²) in [6.45, 7) is -1.44. The van der Waals surface area contributed by atoms with Gasteiger partial charge in [-0.3, -0.25) is 9.59 Å². The Morgan fingerprint density at radius 2 is 1.71 bits per heavy atom. The molecule has 0 spiro atoms. The maximum absolute atomic E-state index is 12.5. The van der Waals surface area contributed by atoms with Crippen LogP contribution in [0.2, 0.25) is 0 Å².